The van der Waals surface area contributed by atoms with Gasteiger partial charge in [-0.1, -0.05) is 6.07 Å². The van der Waals surface area contributed by atoms with Crippen LogP contribution in [0.5, 0.6) is 0 Å². The van der Waals surface area contributed by atoms with Crippen LogP contribution < -0.4 is 4.72 Å². The fraction of sp³-hybridized carbons (Fsp3) is 0.562. The van der Waals surface area contributed by atoms with Gasteiger partial charge in [0, 0.05) is 7.05 Å². The van der Waals surface area contributed by atoms with Crippen molar-refractivity contribution in [3.8, 4) is 0 Å². The summed E-state index contributed by atoms with van der Waals surface area (Å²) < 4.78 is 28.9. The third-order valence-corrected chi connectivity index (χ3v) is 5.92. The molecule has 0 saturated heterocycles. The first-order chi connectivity index (χ1) is 10.9. The van der Waals surface area contributed by atoms with E-state index in [-0.39, 0.29) is 16.8 Å². The van der Waals surface area contributed by atoms with Crippen molar-refractivity contribution in [2.45, 2.75) is 44.4 Å². The number of amides is 1. The molecule has 0 aliphatic carbocycles. The molecule has 0 aliphatic rings. The molecule has 8 heteroatoms. The normalized spacial score (nSPS) is 15.7. The predicted octanol–water partition coefficient (Wildman–Crippen LogP) is 3.27. The molecule has 0 saturated carbocycles. The summed E-state index contributed by atoms with van der Waals surface area (Å²) in [6.07, 6.45) is -0.00275. The first-order valence-electron chi connectivity index (χ1n) is 7.36. The van der Waals surface area contributed by atoms with Gasteiger partial charge in [0.05, 0.1) is 39.3 Å². The summed E-state index contributed by atoms with van der Waals surface area (Å²) >= 11 is 3.15. The molecule has 0 fully saturated rings. The lowest BCUT2D eigenvalue weighted by atomic mass is 9.89. The Morgan fingerprint density at radius 3 is 2.42 bits per heavy atom. The Kier molecular flexibility index (Phi) is 7.10. The van der Waals surface area contributed by atoms with Gasteiger partial charge in [0.2, 0.25) is 5.91 Å². The third-order valence-electron chi connectivity index (χ3n) is 3.56. The quantitative estimate of drug-likeness (QED) is 0.715. The molecule has 1 N–H and O–H groups in total. The number of halogens is 2. The topological polar surface area (TPSA) is 58.6 Å². The van der Waals surface area contributed by atoms with Crippen molar-refractivity contribution in [1.82, 2.24) is 9.79 Å². The highest BCUT2D eigenvalue weighted by Crippen LogP contribution is 2.30. The van der Waals surface area contributed by atoms with E-state index < -0.39 is 27.1 Å². The minimum Gasteiger partial charge on any atom is -0.275 e. The maximum Gasteiger partial charge on any atom is 0.248 e. The molecule has 0 spiro atoms. The third kappa shape index (κ3) is 5.34. The van der Waals surface area contributed by atoms with Gasteiger partial charge in [0.25, 0.3) is 0 Å². The van der Waals surface area contributed by atoms with Crippen LogP contribution >= 0.6 is 15.9 Å². The van der Waals surface area contributed by atoms with Crippen molar-refractivity contribution < 1.29 is 18.2 Å². The average molecular weight is 423 g/mol. The Hall–Kier alpha value is -0.830. The molecule has 24 heavy (non-hydrogen) atoms. The van der Waals surface area contributed by atoms with Crippen LogP contribution in [0.3, 0.4) is 0 Å². The van der Waals surface area contributed by atoms with E-state index in [0.29, 0.717) is 5.56 Å². The second-order valence-electron chi connectivity index (χ2n) is 6.69. The van der Waals surface area contributed by atoms with Gasteiger partial charge in [-0.15, -0.1) is 0 Å². The Balaban J connectivity index is 3.26. The second kappa shape index (κ2) is 8.03. The highest BCUT2D eigenvalue weighted by molar-refractivity contribution is 9.10. The number of nitrogens with one attached hydrogen (secondary N) is 1. The van der Waals surface area contributed by atoms with Crippen molar-refractivity contribution >= 4 is 32.8 Å². The van der Waals surface area contributed by atoms with Crippen LogP contribution in [-0.4, -0.2) is 34.1 Å². The van der Waals surface area contributed by atoms with Crippen LogP contribution in [0.4, 0.5) is 4.39 Å². The molecule has 136 valence electrons. The molecule has 0 heterocycles. The van der Waals surface area contributed by atoms with E-state index in [0.717, 1.165) is 5.06 Å². The Bertz CT molecular complexity index is 636. The maximum atomic E-state index is 13.6. The lowest BCUT2D eigenvalue weighted by Crippen LogP contribution is -2.48. The summed E-state index contributed by atoms with van der Waals surface area (Å²) in [6.45, 7) is 7.26. The van der Waals surface area contributed by atoms with Crippen LogP contribution in [0.1, 0.15) is 39.7 Å². The zero-order chi connectivity index (χ0) is 18.7. The first-order valence-corrected chi connectivity index (χ1v) is 9.31. The molecule has 0 aliphatic heterocycles. The second-order valence-corrected chi connectivity index (χ2v) is 9.52. The van der Waals surface area contributed by atoms with Crippen molar-refractivity contribution in [2.75, 3.05) is 14.2 Å². The van der Waals surface area contributed by atoms with Crippen LogP contribution in [0.2, 0.25) is 0 Å². The summed E-state index contributed by atoms with van der Waals surface area (Å²) in [5, 5.41) is 1.11. The lowest BCUT2D eigenvalue weighted by molar-refractivity contribution is -0.170. The smallest absolute Gasteiger partial charge is 0.248 e. The molecule has 0 aromatic heterocycles. The van der Waals surface area contributed by atoms with Crippen LogP contribution in [0, 0.1) is 5.82 Å². The van der Waals surface area contributed by atoms with Crippen molar-refractivity contribution in [3.05, 3.63) is 34.1 Å². The van der Waals surface area contributed by atoms with Crippen molar-refractivity contribution in [1.29, 1.82) is 0 Å². The van der Waals surface area contributed by atoms with Gasteiger partial charge < -0.3 is 0 Å². The van der Waals surface area contributed by atoms with E-state index in [1.807, 2.05) is 20.8 Å². The van der Waals surface area contributed by atoms with Gasteiger partial charge in [-0.05, 0) is 61.3 Å². The van der Waals surface area contributed by atoms with Crippen LogP contribution in [0.25, 0.3) is 0 Å². The standard InChI is InChI=1S/C16H24BrFN2O3S/c1-15(2,3)24(22)19-16(4,10-14(21)20(5)23-6)11-7-8-13(18)12(17)9-11/h7-9,19H,10H2,1-6H3/t16-,24+/m0/s1. The van der Waals surface area contributed by atoms with Gasteiger partial charge in [0.1, 0.15) is 5.82 Å². The minimum atomic E-state index is -1.42. The highest BCUT2D eigenvalue weighted by Gasteiger charge is 2.36. The van der Waals surface area contributed by atoms with E-state index in [1.165, 1.54) is 20.2 Å². The minimum absolute atomic E-state index is 0.00275. The number of rotatable bonds is 6. The zero-order valence-electron chi connectivity index (χ0n) is 14.8. The summed E-state index contributed by atoms with van der Waals surface area (Å²) in [6, 6.07) is 4.47. The molecule has 2 atom stereocenters. The van der Waals surface area contributed by atoms with Crippen molar-refractivity contribution in [2.24, 2.45) is 0 Å². The summed E-state index contributed by atoms with van der Waals surface area (Å²) in [4.78, 5) is 17.2. The number of hydrogen-bond donors (Lipinski definition) is 1. The Morgan fingerprint density at radius 1 is 1.38 bits per heavy atom. The molecule has 1 aromatic carbocycles. The molecule has 0 unspecified atom stereocenters. The zero-order valence-corrected chi connectivity index (χ0v) is 17.2. The summed E-state index contributed by atoms with van der Waals surface area (Å²) in [7, 11) is 1.48. The number of carbonyl (C=O) groups excluding carboxylic acids is 1. The van der Waals surface area contributed by atoms with Crippen LogP contribution in [0.15, 0.2) is 22.7 Å². The van der Waals surface area contributed by atoms with Gasteiger partial charge >= 0.3 is 0 Å². The molecule has 1 amide bonds. The van der Waals surface area contributed by atoms with E-state index in [9.17, 15) is 13.4 Å². The summed E-state index contributed by atoms with van der Waals surface area (Å²) in [5.41, 5.74) is -0.315. The lowest BCUT2D eigenvalue weighted by Gasteiger charge is -2.34. The van der Waals surface area contributed by atoms with Gasteiger partial charge in [0.15, 0.2) is 0 Å². The van der Waals surface area contributed by atoms with E-state index in [1.54, 1.807) is 19.1 Å². The largest absolute Gasteiger partial charge is 0.275 e. The molecule has 0 radical (unpaired) electrons. The molecular weight excluding hydrogens is 399 g/mol. The number of carbonyl (C=O) groups is 1. The van der Waals surface area contributed by atoms with Gasteiger partial charge in [-0.2, -0.15) is 0 Å². The molecular formula is C16H24BrFN2O3S. The number of hydroxylamine groups is 2. The molecule has 1 rings (SSSR count). The van der Waals surface area contributed by atoms with E-state index in [4.69, 9.17) is 4.84 Å². The first kappa shape index (κ1) is 21.2. The predicted molar refractivity (Wildman–Crippen MR) is 96.9 cm³/mol. The highest BCUT2D eigenvalue weighted by atomic mass is 79.9. The molecule has 1 aromatic rings. The van der Waals surface area contributed by atoms with Gasteiger partial charge in [-0.3, -0.25) is 9.63 Å². The van der Waals surface area contributed by atoms with E-state index >= 15 is 0 Å². The number of benzene rings is 1. The molecule has 5 nitrogen and oxygen atoms in total. The van der Waals surface area contributed by atoms with Crippen molar-refractivity contribution in [3.63, 3.8) is 0 Å². The fourth-order valence-electron chi connectivity index (χ4n) is 1.91. The maximum absolute atomic E-state index is 13.6. The SMILES string of the molecule is CON(C)C(=O)C[C@](C)(N[S@](=O)C(C)(C)C)c1ccc(F)c(Br)c1. The van der Waals surface area contributed by atoms with E-state index in [2.05, 4.69) is 20.7 Å². The number of nitrogens with zero attached hydrogens (tertiary/aromatic N) is 1. The Labute approximate surface area is 153 Å². The average Bonchev–Trinajstić information content (AvgIpc) is 2.47. The van der Waals surface area contributed by atoms with Crippen LogP contribution in [-0.2, 0) is 26.2 Å². The monoisotopic (exact) mass is 422 g/mol. The fourth-order valence-corrected chi connectivity index (χ4v) is 3.19. The molecule has 0 bridgehead atoms. The Morgan fingerprint density at radius 2 is 1.96 bits per heavy atom. The van der Waals surface area contributed by atoms with Gasteiger partial charge in [-0.25, -0.2) is 18.4 Å². The summed E-state index contributed by atoms with van der Waals surface area (Å²) in [5.74, 6) is -0.697. The number of hydrogen-bond acceptors (Lipinski definition) is 3.